The highest BCUT2D eigenvalue weighted by atomic mass is 31.2. The Bertz CT molecular complexity index is 1370. The minimum Gasteiger partial charge on any atom is -0.476 e. The molecular weight excluding hydrogens is 549 g/mol. The molecule has 3 heterocycles. The van der Waals surface area contributed by atoms with Gasteiger partial charge in [-0.3, -0.25) is 13.6 Å². The fourth-order valence-corrected chi connectivity index (χ4v) is 6.76. The maximum absolute atomic E-state index is 14.1. The summed E-state index contributed by atoms with van der Waals surface area (Å²) in [5, 5.41) is 14.3. The van der Waals surface area contributed by atoms with E-state index in [-0.39, 0.29) is 24.5 Å². The Morgan fingerprint density at radius 1 is 1.27 bits per heavy atom. The summed E-state index contributed by atoms with van der Waals surface area (Å²) in [5.74, 6) is 0.242. The molecule has 224 valence electrons. The number of rotatable bonds is 14. The molecule has 41 heavy (non-hydrogen) atoms. The van der Waals surface area contributed by atoms with Crippen molar-refractivity contribution in [3.63, 3.8) is 0 Å². The second-order valence-corrected chi connectivity index (χ2v) is 12.5. The zero-order chi connectivity index (χ0) is 29.2. The summed E-state index contributed by atoms with van der Waals surface area (Å²) in [6.45, 7) is 5.74. The number of ether oxygens (including phenoxy) is 2. The normalized spacial score (nSPS) is 26.7. The summed E-state index contributed by atoms with van der Waals surface area (Å²) in [4.78, 5) is 12.8. The number of nitrogens with two attached hydrogens (primary N) is 2. The zero-order valence-electron chi connectivity index (χ0n) is 23.7. The molecule has 0 radical (unpaired) electrons. The van der Waals surface area contributed by atoms with Gasteiger partial charge >= 0.3 is 7.75 Å². The van der Waals surface area contributed by atoms with Crippen molar-refractivity contribution in [3.05, 3.63) is 42.2 Å². The molecule has 6 unspecified atom stereocenters. The number of nitrogens with one attached hydrogen (secondary N) is 1. The monoisotopic (exact) mass is 589 g/mol. The van der Waals surface area contributed by atoms with Crippen LogP contribution in [0.1, 0.15) is 70.8 Å². The Balaban J connectivity index is 1.35. The third kappa shape index (κ3) is 6.56. The lowest BCUT2D eigenvalue weighted by Crippen LogP contribution is -2.52. The van der Waals surface area contributed by atoms with Crippen molar-refractivity contribution in [2.75, 3.05) is 18.9 Å². The molecule has 2 fully saturated rings. The average Bonchev–Trinajstić information content (AvgIpc) is 3.61. The fourth-order valence-electron chi connectivity index (χ4n) is 4.96. The van der Waals surface area contributed by atoms with E-state index >= 15 is 0 Å². The van der Waals surface area contributed by atoms with Crippen molar-refractivity contribution in [2.24, 2.45) is 5.73 Å². The zero-order valence-corrected chi connectivity index (χ0v) is 24.6. The van der Waals surface area contributed by atoms with Gasteiger partial charge in [-0.25, -0.2) is 14.6 Å². The number of aliphatic hydroxyl groups is 1. The molecule has 14 heteroatoms. The molecule has 1 saturated carbocycles. The molecule has 2 aromatic heterocycles. The van der Waals surface area contributed by atoms with E-state index in [0.29, 0.717) is 24.2 Å². The number of nitrogen functional groups attached to an aromatic ring is 1. The molecule has 0 amide bonds. The van der Waals surface area contributed by atoms with Crippen molar-refractivity contribution in [2.45, 2.75) is 89.0 Å². The lowest BCUT2D eigenvalue weighted by molar-refractivity contribution is -0.0447. The number of nitrogens with zero attached hydrogens (tertiary/aromatic N) is 4. The number of fused-ring (bicyclic) bond motifs is 1. The number of hydrogen-bond acceptors (Lipinski definition) is 11. The van der Waals surface area contributed by atoms with Gasteiger partial charge < -0.3 is 26.0 Å². The van der Waals surface area contributed by atoms with E-state index in [9.17, 15) is 9.67 Å². The van der Waals surface area contributed by atoms with Crippen LogP contribution in [-0.2, 0) is 18.3 Å². The molecule has 6 N–H and O–H groups in total. The second-order valence-electron chi connectivity index (χ2n) is 10.8. The summed E-state index contributed by atoms with van der Waals surface area (Å²) >= 11 is 0. The smallest absolute Gasteiger partial charge is 0.406 e. The molecule has 5 rings (SSSR count). The summed E-state index contributed by atoms with van der Waals surface area (Å²) < 4.78 is 39.7. The van der Waals surface area contributed by atoms with Gasteiger partial charge in [-0.1, -0.05) is 50.1 Å². The third-order valence-electron chi connectivity index (χ3n) is 7.35. The van der Waals surface area contributed by atoms with Gasteiger partial charge in [0.15, 0.2) is 17.4 Å². The average molecular weight is 590 g/mol. The minimum atomic E-state index is -3.79. The summed E-state index contributed by atoms with van der Waals surface area (Å²) in [6, 6.07) is 9.75. The van der Waals surface area contributed by atoms with Gasteiger partial charge in [-0.15, -0.1) is 0 Å². The molecule has 1 aliphatic carbocycles. The molecule has 1 saturated heterocycles. The number of imidazole rings is 1. The molecule has 6 atom stereocenters. The molecular formula is C27H40N7O6P. The van der Waals surface area contributed by atoms with E-state index in [1.54, 1.807) is 11.5 Å². The quantitative estimate of drug-likeness (QED) is 0.201. The summed E-state index contributed by atoms with van der Waals surface area (Å²) in [5.41, 5.74) is 12.9. The standard InChI is InChI=1S/C27H40N7O6P/c1-4-6-12-19(17-10-8-7-9-11-17)40-41(36,33-18-13-14-18)38-15-20-22(35)27(3,29)25(39-20)34-16-30-21-23(34)31-26(28)32-24(21)37-5-2/h7-11,16,18-20,22,25,35H,4-6,12-15,29H2,1-3H3,(H,33,36)(H2,28,31,32). The molecule has 2 aliphatic rings. The van der Waals surface area contributed by atoms with Crippen LogP contribution in [0, 0.1) is 0 Å². The Morgan fingerprint density at radius 3 is 2.71 bits per heavy atom. The number of aromatic nitrogens is 4. The predicted octanol–water partition coefficient (Wildman–Crippen LogP) is 3.61. The van der Waals surface area contributed by atoms with Gasteiger partial charge in [0.2, 0.25) is 11.8 Å². The first kappa shape index (κ1) is 29.8. The van der Waals surface area contributed by atoms with E-state index < -0.39 is 37.8 Å². The van der Waals surface area contributed by atoms with Crippen LogP contribution in [0.25, 0.3) is 11.2 Å². The van der Waals surface area contributed by atoms with Crippen molar-refractivity contribution in [1.82, 2.24) is 24.6 Å². The van der Waals surface area contributed by atoms with E-state index in [4.69, 9.17) is 30.0 Å². The maximum Gasteiger partial charge on any atom is 0.406 e. The van der Waals surface area contributed by atoms with Gasteiger partial charge in [-0.05, 0) is 38.7 Å². The largest absolute Gasteiger partial charge is 0.476 e. The van der Waals surface area contributed by atoms with Gasteiger partial charge in [0.05, 0.1) is 31.2 Å². The van der Waals surface area contributed by atoms with E-state index in [1.807, 2.05) is 37.3 Å². The summed E-state index contributed by atoms with van der Waals surface area (Å²) in [7, 11) is -3.79. The lowest BCUT2D eigenvalue weighted by atomic mass is 9.93. The van der Waals surface area contributed by atoms with E-state index in [2.05, 4.69) is 27.0 Å². The lowest BCUT2D eigenvalue weighted by Gasteiger charge is -2.29. The highest BCUT2D eigenvalue weighted by Crippen LogP contribution is 2.52. The van der Waals surface area contributed by atoms with Crippen LogP contribution < -0.4 is 21.3 Å². The minimum absolute atomic E-state index is 0.000124. The van der Waals surface area contributed by atoms with Crippen molar-refractivity contribution in [3.8, 4) is 5.88 Å². The van der Waals surface area contributed by atoms with Crippen molar-refractivity contribution < 1.29 is 28.2 Å². The topological polar surface area (TPSA) is 182 Å². The fraction of sp³-hybridized carbons (Fsp3) is 0.593. The van der Waals surface area contributed by atoms with E-state index in [1.165, 1.54) is 6.33 Å². The Morgan fingerprint density at radius 2 is 2.02 bits per heavy atom. The second kappa shape index (κ2) is 12.3. The number of anilines is 1. The number of hydrogen-bond donors (Lipinski definition) is 4. The Labute approximate surface area is 239 Å². The predicted molar refractivity (Wildman–Crippen MR) is 153 cm³/mol. The third-order valence-corrected chi connectivity index (χ3v) is 9.05. The van der Waals surface area contributed by atoms with Gasteiger partial charge in [-0.2, -0.15) is 9.97 Å². The highest BCUT2D eigenvalue weighted by Gasteiger charge is 2.53. The number of unbranched alkanes of at least 4 members (excludes halogenated alkanes) is 1. The van der Waals surface area contributed by atoms with Crippen molar-refractivity contribution in [1.29, 1.82) is 0 Å². The first-order valence-electron chi connectivity index (χ1n) is 14.2. The molecule has 1 aromatic carbocycles. The SMILES string of the molecule is CCCCC(OP(=O)(NC1CC1)OCC1OC(n2cnc3c(OCC)nc(N)nc32)C(C)(N)C1O)c1ccccc1. The maximum atomic E-state index is 14.1. The van der Waals surface area contributed by atoms with Gasteiger partial charge in [0.1, 0.15) is 12.2 Å². The Kier molecular flexibility index (Phi) is 8.95. The molecule has 1 aliphatic heterocycles. The van der Waals surface area contributed by atoms with Gasteiger partial charge in [0.25, 0.3) is 0 Å². The summed E-state index contributed by atoms with van der Waals surface area (Å²) in [6.07, 6.45) is 2.43. The van der Waals surface area contributed by atoms with Crippen molar-refractivity contribution >= 4 is 24.9 Å². The molecule has 13 nitrogen and oxygen atoms in total. The van der Waals surface area contributed by atoms with Crippen LogP contribution in [0.2, 0.25) is 0 Å². The first-order chi connectivity index (χ1) is 19.6. The van der Waals surface area contributed by atoms with Crippen LogP contribution in [0.5, 0.6) is 5.88 Å². The highest BCUT2D eigenvalue weighted by molar-refractivity contribution is 7.51. The number of aliphatic hydroxyl groups excluding tert-OH is 1. The Hall–Kier alpha value is -2.64. The number of benzene rings is 1. The van der Waals surface area contributed by atoms with Crippen LogP contribution in [0.4, 0.5) is 5.95 Å². The van der Waals surface area contributed by atoms with Gasteiger partial charge in [0, 0.05) is 6.04 Å². The first-order valence-corrected chi connectivity index (χ1v) is 15.7. The molecule has 3 aromatic rings. The molecule has 0 bridgehead atoms. The van der Waals surface area contributed by atoms with Crippen LogP contribution in [0.15, 0.2) is 36.7 Å². The van der Waals surface area contributed by atoms with Crippen LogP contribution in [-0.4, -0.2) is 61.6 Å². The van der Waals surface area contributed by atoms with E-state index in [0.717, 1.165) is 31.2 Å². The molecule has 0 spiro atoms. The van der Waals surface area contributed by atoms with Crippen LogP contribution in [0.3, 0.4) is 0 Å². The van der Waals surface area contributed by atoms with Crippen LogP contribution >= 0.6 is 7.75 Å².